The highest BCUT2D eigenvalue weighted by Crippen LogP contribution is 2.18. The molecule has 0 bridgehead atoms. The molecule has 0 saturated carbocycles. The zero-order chi connectivity index (χ0) is 10.4. The minimum atomic E-state index is 0.0463. The average Bonchev–Trinajstić information content (AvgIpc) is 2.04. The summed E-state index contributed by atoms with van der Waals surface area (Å²) in [6, 6.07) is 0. The van der Waals surface area contributed by atoms with Crippen molar-refractivity contribution >= 4 is 17.5 Å². The molecule has 0 spiro atoms. The summed E-state index contributed by atoms with van der Waals surface area (Å²) < 4.78 is 0. The first-order valence-electron chi connectivity index (χ1n) is 4.47. The van der Waals surface area contributed by atoms with Gasteiger partial charge in [0.25, 0.3) is 0 Å². The van der Waals surface area contributed by atoms with Gasteiger partial charge in [-0.25, -0.2) is 0 Å². The molecule has 0 heterocycles. The quantitative estimate of drug-likeness (QED) is 0.688. The Bertz CT molecular complexity index is 187. The minimum Gasteiger partial charge on any atom is -0.349 e. The third-order valence-corrected chi connectivity index (χ3v) is 2.22. The number of carbonyl (C=O) groups excluding carboxylic acids is 1. The lowest BCUT2D eigenvalue weighted by Gasteiger charge is -2.22. The second-order valence-corrected chi connectivity index (χ2v) is 3.93. The Labute approximate surface area is 85.6 Å². The maximum atomic E-state index is 11.6. The van der Waals surface area contributed by atoms with Gasteiger partial charge in [0.2, 0.25) is 5.91 Å². The molecule has 0 saturated heterocycles. The first kappa shape index (κ1) is 12.5. The summed E-state index contributed by atoms with van der Waals surface area (Å²) in [5.41, 5.74) is 1.47. The molecule has 0 aliphatic carbocycles. The van der Waals surface area contributed by atoms with E-state index in [0.29, 0.717) is 5.92 Å². The Hall–Kier alpha value is -0.500. The van der Waals surface area contributed by atoms with Crippen molar-refractivity contribution in [3.63, 3.8) is 0 Å². The van der Waals surface area contributed by atoms with Crippen LogP contribution in [0.15, 0.2) is 11.6 Å². The van der Waals surface area contributed by atoms with Crippen molar-refractivity contribution in [2.75, 3.05) is 14.1 Å². The lowest BCUT2D eigenvalue weighted by atomic mass is 9.91. The maximum absolute atomic E-state index is 11.6. The molecule has 0 aromatic heterocycles. The van der Waals surface area contributed by atoms with Crippen molar-refractivity contribution in [2.24, 2.45) is 11.8 Å². The van der Waals surface area contributed by atoms with Crippen LogP contribution >= 0.6 is 11.6 Å². The average molecular weight is 204 g/mol. The van der Waals surface area contributed by atoms with E-state index in [4.69, 9.17) is 11.6 Å². The molecule has 1 amide bonds. The number of carbonyl (C=O) groups is 1. The molecule has 0 aliphatic heterocycles. The molecule has 2 nitrogen and oxygen atoms in total. The smallest absolute Gasteiger partial charge is 0.225 e. The van der Waals surface area contributed by atoms with Crippen molar-refractivity contribution in [2.45, 2.75) is 20.3 Å². The number of amides is 1. The first-order valence-corrected chi connectivity index (χ1v) is 4.90. The Morgan fingerprint density at radius 2 is 2.00 bits per heavy atom. The monoisotopic (exact) mass is 203 g/mol. The highest BCUT2D eigenvalue weighted by Gasteiger charge is 2.21. The van der Waals surface area contributed by atoms with Crippen molar-refractivity contribution in [1.82, 2.24) is 4.90 Å². The molecule has 0 rings (SSSR count). The van der Waals surface area contributed by atoms with Gasteiger partial charge in [0, 0.05) is 25.5 Å². The van der Waals surface area contributed by atoms with Gasteiger partial charge in [0.15, 0.2) is 0 Å². The molecule has 13 heavy (non-hydrogen) atoms. The van der Waals surface area contributed by atoms with Gasteiger partial charge in [-0.15, -0.1) is 0 Å². The highest BCUT2D eigenvalue weighted by molar-refractivity contribution is 6.25. The summed E-state index contributed by atoms with van der Waals surface area (Å²) in [7, 11) is 3.56. The number of hydrogen-bond acceptors (Lipinski definition) is 1. The molecule has 0 aromatic rings. The summed E-state index contributed by atoms with van der Waals surface area (Å²) >= 11 is 5.43. The number of hydrogen-bond donors (Lipinski definition) is 0. The summed E-state index contributed by atoms with van der Waals surface area (Å²) in [5.74, 6) is 0.567. The van der Waals surface area contributed by atoms with Gasteiger partial charge < -0.3 is 4.90 Å². The standard InChI is InChI=1S/C10H18ClNO/c1-8(2)9(6-5-7-11)10(13)12(3)4/h5,7-9H,6H2,1-4H3. The van der Waals surface area contributed by atoms with Gasteiger partial charge in [-0.3, -0.25) is 4.79 Å². The maximum Gasteiger partial charge on any atom is 0.225 e. The predicted molar refractivity (Wildman–Crippen MR) is 56.6 cm³/mol. The van der Waals surface area contributed by atoms with E-state index in [1.165, 1.54) is 5.54 Å². The third kappa shape index (κ3) is 4.32. The molecular formula is C10H18ClNO. The van der Waals surface area contributed by atoms with E-state index in [1.807, 2.05) is 19.9 Å². The molecule has 3 heteroatoms. The zero-order valence-electron chi connectivity index (χ0n) is 8.75. The first-order chi connectivity index (χ1) is 6.00. The molecule has 0 radical (unpaired) electrons. The fourth-order valence-corrected chi connectivity index (χ4v) is 1.29. The highest BCUT2D eigenvalue weighted by atomic mass is 35.5. The Morgan fingerprint density at radius 1 is 1.46 bits per heavy atom. The van der Waals surface area contributed by atoms with E-state index in [2.05, 4.69) is 0 Å². The Kier molecular flexibility index (Phi) is 5.80. The summed E-state index contributed by atoms with van der Waals surface area (Å²) in [6.45, 7) is 4.10. The normalized spacial score (nSPS) is 13.7. The minimum absolute atomic E-state index is 0.0463. The molecular weight excluding hydrogens is 186 g/mol. The van der Waals surface area contributed by atoms with Crippen LogP contribution in [-0.4, -0.2) is 24.9 Å². The molecule has 0 aliphatic rings. The number of rotatable bonds is 4. The summed E-state index contributed by atoms with van der Waals surface area (Å²) in [5, 5.41) is 0. The van der Waals surface area contributed by atoms with Gasteiger partial charge in [-0.1, -0.05) is 31.5 Å². The topological polar surface area (TPSA) is 20.3 Å². The third-order valence-electron chi connectivity index (χ3n) is 2.04. The number of allylic oxidation sites excluding steroid dienone is 1. The largest absolute Gasteiger partial charge is 0.349 e. The lowest BCUT2D eigenvalue weighted by Crippen LogP contribution is -2.32. The van der Waals surface area contributed by atoms with E-state index >= 15 is 0 Å². The van der Waals surface area contributed by atoms with E-state index in [1.54, 1.807) is 19.0 Å². The van der Waals surface area contributed by atoms with Crippen LogP contribution in [0.1, 0.15) is 20.3 Å². The molecule has 1 atom stereocenters. The second-order valence-electron chi connectivity index (χ2n) is 3.68. The Morgan fingerprint density at radius 3 is 2.31 bits per heavy atom. The van der Waals surface area contributed by atoms with Crippen LogP contribution in [0.25, 0.3) is 0 Å². The predicted octanol–water partition coefficient (Wildman–Crippen LogP) is 2.49. The second kappa shape index (κ2) is 6.03. The Balaban J connectivity index is 4.33. The van der Waals surface area contributed by atoms with Crippen molar-refractivity contribution in [1.29, 1.82) is 0 Å². The van der Waals surface area contributed by atoms with Crippen molar-refractivity contribution < 1.29 is 4.79 Å². The van der Waals surface area contributed by atoms with Crippen LogP contribution in [0.5, 0.6) is 0 Å². The van der Waals surface area contributed by atoms with Crippen LogP contribution in [0.3, 0.4) is 0 Å². The number of nitrogens with zero attached hydrogens (tertiary/aromatic N) is 1. The fourth-order valence-electron chi connectivity index (χ4n) is 1.19. The van der Waals surface area contributed by atoms with Crippen LogP contribution < -0.4 is 0 Å². The van der Waals surface area contributed by atoms with Crippen LogP contribution in [0.2, 0.25) is 0 Å². The van der Waals surface area contributed by atoms with Gasteiger partial charge in [0.1, 0.15) is 0 Å². The van der Waals surface area contributed by atoms with Gasteiger partial charge in [0.05, 0.1) is 0 Å². The summed E-state index contributed by atoms with van der Waals surface area (Å²) in [6.07, 6.45) is 2.55. The van der Waals surface area contributed by atoms with Gasteiger partial charge in [-0.05, 0) is 12.3 Å². The molecule has 0 fully saturated rings. The zero-order valence-corrected chi connectivity index (χ0v) is 9.51. The van der Waals surface area contributed by atoms with E-state index in [9.17, 15) is 4.79 Å². The van der Waals surface area contributed by atoms with Crippen LogP contribution in [0.4, 0.5) is 0 Å². The SMILES string of the molecule is CC(C)C(CC=CCl)C(=O)N(C)C. The van der Waals surface area contributed by atoms with Gasteiger partial charge >= 0.3 is 0 Å². The summed E-state index contributed by atoms with van der Waals surface area (Å²) in [4.78, 5) is 13.3. The lowest BCUT2D eigenvalue weighted by molar-refractivity contribution is -0.134. The molecule has 0 N–H and O–H groups in total. The fraction of sp³-hybridized carbons (Fsp3) is 0.700. The number of halogens is 1. The van der Waals surface area contributed by atoms with Crippen LogP contribution in [0, 0.1) is 11.8 Å². The van der Waals surface area contributed by atoms with Gasteiger partial charge in [-0.2, -0.15) is 0 Å². The van der Waals surface area contributed by atoms with E-state index in [0.717, 1.165) is 6.42 Å². The van der Waals surface area contributed by atoms with E-state index in [-0.39, 0.29) is 11.8 Å². The van der Waals surface area contributed by atoms with E-state index < -0.39 is 0 Å². The van der Waals surface area contributed by atoms with Crippen LogP contribution in [-0.2, 0) is 4.79 Å². The van der Waals surface area contributed by atoms with Crippen molar-refractivity contribution in [3.8, 4) is 0 Å². The molecule has 1 unspecified atom stereocenters. The molecule has 76 valence electrons. The van der Waals surface area contributed by atoms with Crippen molar-refractivity contribution in [3.05, 3.63) is 11.6 Å². The molecule has 0 aromatic carbocycles.